The number of ether oxygens (including phenoxy) is 2. The van der Waals surface area contributed by atoms with Crippen LogP contribution in [0.15, 0.2) is 72.8 Å². The second-order valence-corrected chi connectivity index (χ2v) is 10.2. The van der Waals surface area contributed by atoms with E-state index < -0.39 is 6.03 Å². The van der Waals surface area contributed by atoms with E-state index in [1.807, 2.05) is 12.1 Å². The Morgan fingerprint density at radius 1 is 0.659 bits per heavy atom. The van der Waals surface area contributed by atoms with Crippen molar-refractivity contribution in [2.24, 2.45) is 0 Å². The zero-order valence-electron chi connectivity index (χ0n) is 24.0. The highest BCUT2D eigenvalue weighted by molar-refractivity contribution is 6.06. The third-order valence-electron chi connectivity index (χ3n) is 7.21. The summed E-state index contributed by atoms with van der Waals surface area (Å²) in [5.74, 6) is 1.49. The van der Waals surface area contributed by atoms with Crippen molar-refractivity contribution in [1.82, 2.24) is 15.0 Å². The first-order valence-corrected chi connectivity index (χ1v) is 14.4. The van der Waals surface area contributed by atoms with Gasteiger partial charge in [0.05, 0.1) is 37.8 Å². The number of nitrogens with zero attached hydrogens (tertiary/aromatic N) is 5. The van der Waals surface area contributed by atoms with E-state index in [4.69, 9.17) is 30.2 Å². The van der Waals surface area contributed by atoms with Crippen LogP contribution in [0.3, 0.4) is 0 Å². The van der Waals surface area contributed by atoms with Crippen molar-refractivity contribution in [3.05, 3.63) is 78.4 Å². The molecule has 13 nitrogen and oxygen atoms in total. The van der Waals surface area contributed by atoms with Crippen LogP contribution in [0.4, 0.5) is 39.4 Å². The number of amides is 3. The Morgan fingerprint density at radius 2 is 1.18 bits per heavy atom. The topological polar surface area (TPSA) is 160 Å². The first kappa shape index (κ1) is 28.8. The molecule has 5 N–H and O–H groups in total. The molecular formula is C31H33N9O4. The predicted octanol–water partition coefficient (Wildman–Crippen LogP) is 3.69. The molecule has 0 unspecified atom stereocenters. The molecule has 4 aromatic rings. The predicted molar refractivity (Wildman–Crippen MR) is 169 cm³/mol. The SMILES string of the molecule is Nc1ccccc1NC(=O)c1ccc(NC(=O)Nc2ccc(-c3nc(N4CCOCC4)nc(N4CCOCC4)n3)cc2)cc1. The summed E-state index contributed by atoms with van der Waals surface area (Å²) in [5, 5.41) is 8.40. The highest BCUT2D eigenvalue weighted by Crippen LogP contribution is 2.24. The molecule has 2 saturated heterocycles. The highest BCUT2D eigenvalue weighted by Gasteiger charge is 2.21. The Kier molecular flexibility index (Phi) is 8.75. The minimum absolute atomic E-state index is 0.300. The number of urea groups is 1. The van der Waals surface area contributed by atoms with Gasteiger partial charge in [-0.1, -0.05) is 12.1 Å². The molecule has 13 heteroatoms. The summed E-state index contributed by atoms with van der Waals surface area (Å²) in [6, 6.07) is 20.5. The van der Waals surface area contributed by atoms with Crippen LogP contribution in [0.1, 0.15) is 10.4 Å². The first-order chi connectivity index (χ1) is 21.5. The van der Waals surface area contributed by atoms with E-state index in [1.54, 1.807) is 60.7 Å². The lowest BCUT2D eigenvalue weighted by Gasteiger charge is -2.30. The van der Waals surface area contributed by atoms with Crippen molar-refractivity contribution in [2.45, 2.75) is 0 Å². The molecule has 2 aliphatic heterocycles. The number of benzene rings is 3. The van der Waals surface area contributed by atoms with Gasteiger partial charge in [-0.05, 0) is 60.7 Å². The zero-order chi connectivity index (χ0) is 30.3. The number of anilines is 6. The summed E-state index contributed by atoms with van der Waals surface area (Å²) in [6.45, 7) is 5.34. The second-order valence-electron chi connectivity index (χ2n) is 10.2. The summed E-state index contributed by atoms with van der Waals surface area (Å²) in [7, 11) is 0. The number of nitrogen functional groups attached to an aromatic ring is 1. The van der Waals surface area contributed by atoms with Gasteiger partial charge in [-0.25, -0.2) is 4.79 Å². The summed E-state index contributed by atoms with van der Waals surface area (Å²) >= 11 is 0. The van der Waals surface area contributed by atoms with Gasteiger partial charge in [0, 0.05) is 48.7 Å². The lowest BCUT2D eigenvalue weighted by molar-refractivity contribution is 0.102. The number of aromatic nitrogens is 3. The molecule has 0 bridgehead atoms. The molecule has 3 amide bonds. The Labute approximate surface area is 254 Å². The van der Waals surface area contributed by atoms with Gasteiger partial charge in [0.1, 0.15) is 0 Å². The average molecular weight is 596 g/mol. The Hall–Kier alpha value is -5.27. The van der Waals surface area contributed by atoms with Gasteiger partial charge in [0.15, 0.2) is 5.82 Å². The van der Waals surface area contributed by atoms with E-state index in [2.05, 4.69) is 25.8 Å². The minimum atomic E-state index is -0.420. The van der Waals surface area contributed by atoms with Crippen LogP contribution in [0.5, 0.6) is 0 Å². The van der Waals surface area contributed by atoms with Crippen LogP contribution < -0.4 is 31.5 Å². The first-order valence-electron chi connectivity index (χ1n) is 14.4. The minimum Gasteiger partial charge on any atom is -0.397 e. The molecule has 1 aromatic heterocycles. The summed E-state index contributed by atoms with van der Waals surface area (Å²) in [5.41, 5.74) is 9.28. The lowest BCUT2D eigenvalue weighted by Crippen LogP contribution is -2.40. The zero-order valence-corrected chi connectivity index (χ0v) is 24.0. The van der Waals surface area contributed by atoms with Gasteiger partial charge in [-0.3, -0.25) is 4.79 Å². The maximum atomic E-state index is 12.7. The quantitative estimate of drug-likeness (QED) is 0.232. The van der Waals surface area contributed by atoms with Gasteiger partial charge in [0.2, 0.25) is 11.9 Å². The molecule has 6 rings (SSSR count). The molecular weight excluding hydrogens is 562 g/mol. The van der Waals surface area contributed by atoms with E-state index in [0.29, 0.717) is 98.6 Å². The van der Waals surface area contributed by atoms with Crippen LogP contribution in [-0.4, -0.2) is 79.5 Å². The molecule has 3 heterocycles. The van der Waals surface area contributed by atoms with Crippen LogP contribution in [0, 0.1) is 0 Å². The lowest BCUT2D eigenvalue weighted by atomic mass is 10.2. The number of nitrogens with two attached hydrogens (primary N) is 1. The Bertz CT molecular complexity index is 1570. The fourth-order valence-electron chi connectivity index (χ4n) is 4.80. The number of hydrogen-bond acceptors (Lipinski definition) is 10. The van der Waals surface area contributed by atoms with Gasteiger partial charge in [0.25, 0.3) is 5.91 Å². The number of hydrogen-bond donors (Lipinski definition) is 4. The Morgan fingerprint density at radius 3 is 1.73 bits per heavy atom. The number of rotatable bonds is 7. The summed E-state index contributed by atoms with van der Waals surface area (Å²) < 4.78 is 11.0. The van der Waals surface area contributed by atoms with E-state index in [1.165, 1.54) is 0 Å². The highest BCUT2D eigenvalue weighted by atomic mass is 16.5. The molecule has 0 saturated carbocycles. The summed E-state index contributed by atoms with van der Waals surface area (Å²) in [6.07, 6.45) is 0. The fourth-order valence-corrected chi connectivity index (χ4v) is 4.80. The number of carbonyl (C=O) groups excluding carboxylic acids is 2. The Balaban J connectivity index is 1.10. The van der Waals surface area contributed by atoms with E-state index in [-0.39, 0.29) is 5.91 Å². The molecule has 0 spiro atoms. The molecule has 226 valence electrons. The van der Waals surface area contributed by atoms with Crippen molar-refractivity contribution in [3.8, 4) is 11.4 Å². The molecule has 2 aliphatic rings. The van der Waals surface area contributed by atoms with Crippen molar-refractivity contribution in [1.29, 1.82) is 0 Å². The van der Waals surface area contributed by atoms with Crippen LogP contribution >= 0.6 is 0 Å². The molecule has 2 fully saturated rings. The molecule has 0 radical (unpaired) electrons. The normalized spacial score (nSPS) is 15.0. The number of nitrogens with one attached hydrogen (secondary N) is 3. The van der Waals surface area contributed by atoms with Gasteiger partial charge in [-0.15, -0.1) is 0 Å². The second kappa shape index (κ2) is 13.4. The van der Waals surface area contributed by atoms with E-state index in [9.17, 15) is 9.59 Å². The van der Waals surface area contributed by atoms with E-state index >= 15 is 0 Å². The third-order valence-corrected chi connectivity index (χ3v) is 7.21. The van der Waals surface area contributed by atoms with Gasteiger partial charge >= 0.3 is 6.03 Å². The van der Waals surface area contributed by atoms with Crippen molar-refractivity contribution < 1.29 is 19.1 Å². The monoisotopic (exact) mass is 595 g/mol. The smallest absolute Gasteiger partial charge is 0.323 e. The number of morpholine rings is 2. The fraction of sp³-hybridized carbons (Fsp3) is 0.258. The van der Waals surface area contributed by atoms with Crippen LogP contribution in [-0.2, 0) is 9.47 Å². The number of carbonyl (C=O) groups is 2. The maximum absolute atomic E-state index is 12.7. The summed E-state index contributed by atoms with van der Waals surface area (Å²) in [4.78, 5) is 43.8. The van der Waals surface area contributed by atoms with Crippen molar-refractivity contribution in [3.63, 3.8) is 0 Å². The van der Waals surface area contributed by atoms with Gasteiger partial charge < -0.3 is 41.0 Å². The molecule has 0 atom stereocenters. The average Bonchev–Trinajstić information content (AvgIpc) is 3.07. The largest absolute Gasteiger partial charge is 0.397 e. The van der Waals surface area contributed by atoms with E-state index in [0.717, 1.165) is 5.56 Å². The van der Waals surface area contributed by atoms with Crippen LogP contribution in [0.25, 0.3) is 11.4 Å². The van der Waals surface area contributed by atoms with Crippen molar-refractivity contribution in [2.75, 3.05) is 84.1 Å². The molecule has 0 aliphatic carbocycles. The third kappa shape index (κ3) is 7.02. The van der Waals surface area contributed by atoms with Crippen LogP contribution in [0.2, 0.25) is 0 Å². The maximum Gasteiger partial charge on any atom is 0.323 e. The molecule has 3 aromatic carbocycles. The van der Waals surface area contributed by atoms with Crippen molar-refractivity contribution >= 4 is 46.6 Å². The number of para-hydroxylation sites is 2. The molecule has 44 heavy (non-hydrogen) atoms. The van der Waals surface area contributed by atoms with Gasteiger partial charge in [-0.2, -0.15) is 15.0 Å². The standard InChI is InChI=1S/C31H33N9O4/c32-25-3-1-2-4-26(25)35-28(41)22-7-11-24(12-8-22)34-31(42)33-23-9-5-21(6-10-23)27-36-29(39-13-17-43-18-14-39)38-30(37-27)40-15-19-44-20-16-40/h1-12H,13-20,32H2,(H,35,41)(H2,33,34,42).